The molecule has 2 aromatic carbocycles. The number of hydrogen-bond donors (Lipinski definition) is 1. The van der Waals surface area contributed by atoms with E-state index in [2.05, 4.69) is 25.3 Å². The Morgan fingerprint density at radius 2 is 1.92 bits per heavy atom. The van der Waals surface area contributed by atoms with Gasteiger partial charge in [0.25, 0.3) is 5.91 Å². The van der Waals surface area contributed by atoms with E-state index in [9.17, 15) is 22.4 Å². The van der Waals surface area contributed by atoms with E-state index in [1.54, 1.807) is 19.2 Å². The van der Waals surface area contributed by atoms with Crippen molar-refractivity contribution in [1.29, 1.82) is 0 Å². The molecule has 1 aliphatic rings. The van der Waals surface area contributed by atoms with Gasteiger partial charge in [0, 0.05) is 31.0 Å². The number of carbonyl (C=O) groups is 1. The van der Waals surface area contributed by atoms with Gasteiger partial charge in [0.15, 0.2) is 17.4 Å². The van der Waals surface area contributed by atoms with Gasteiger partial charge < -0.3 is 15.0 Å². The maximum Gasteiger partial charge on any atom is 0.416 e. The number of pyridine rings is 1. The number of nitrogens with one attached hydrogen (secondary N) is 1. The molecule has 0 saturated carbocycles. The molecule has 1 N–H and O–H groups in total. The molecule has 188 valence electrons. The van der Waals surface area contributed by atoms with Crippen LogP contribution >= 0.6 is 0 Å². The van der Waals surface area contributed by atoms with E-state index in [4.69, 9.17) is 4.74 Å². The highest BCUT2D eigenvalue weighted by atomic mass is 19.4. The molecular weight excluding hydrogens is 492 g/mol. The summed E-state index contributed by atoms with van der Waals surface area (Å²) >= 11 is 0. The van der Waals surface area contributed by atoms with Gasteiger partial charge in [-0.05, 0) is 54.4 Å². The van der Waals surface area contributed by atoms with E-state index < -0.39 is 23.5 Å². The number of alkyl halides is 3. The van der Waals surface area contributed by atoms with Crippen LogP contribution < -0.4 is 15.0 Å². The zero-order valence-corrected chi connectivity index (χ0v) is 19.3. The minimum Gasteiger partial charge on any atom is -0.435 e. The van der Waals surface area contributed by atoms with Gasteiger partial charge in [0.1, 0.15) is 6.33 Å². The van der Waals surface area contributed by atoms with Crippen LogP contribution in [0.25, 0.3) is 11.4 Å². The van der Waals surface area contributed by atoms with E-state index in [0.717, 1.165) is 18.2 Å². The Labute approximate surface area is 208 Å². The summed E-state index contributed by atoms with van der Waals surface area (Å²) in [6, 6.07) is 10.1. The second-order valence-corrected chi connectivity index (χ2v) is 8.03. The molecular formula is C25H18F4N6O2. The smallest absolute Gasteiger partial charge is 0.416 e. The van der Waals surface area contributed by atoms with Crippen molar-refractivity contribution in [2.45, 2.75) is 12.6 Å². The third kappa shape index (κ3) is 4.77. The molecule has 1 amide bonds. The second kappa shape index (κ2) is 9.45. The first kappa shape index (κ1) is 24.1. The zero-order valence-electron chi connectivity index (χ0n) is 19.3. The molecule has 0 spiro atoms. The number of carbonyl (C=O) groups excluding carboxylic acids is 1. The van der Waals surface area contributed by atoms with Crippen LogP contribution in [-0.4, -0.2) is 39.4 Å². The van der Waals surface area contributed by atoms with Crippen LogP contribution in [0.15, 0.2) is 61.1 Å². The monoisotopic (exact) mass is 510 g/mol. The van der Waals surface area contributed by atoms with Crippen molar-refractivity contribution in [3.8, 4) is 23.0 Å². The van der Waals surface area contributed by atoms with Crippen LogP contribution in [0.3, 0.4) is 0 Å². The Hall–Kier alpha value is -4.61. The van der Waals surface area contributed by atoms with Gasteiger partial charge in [0.2, 0.25) is 11.8 Å². The minimum absolute atomic E-state index is 0.0133. The van der Waals surface area contributed by atoms with E-state index in [1.165, 1.54) is 35.6 Å². The predicted molar refractivity (Wildman–Crippen MR) is 126 cm³/mol. The average molecular weight is 510 g/mol. The first-order valence-electron chi connectivity index (χ1n) is 11.1. The van der Waals surface area contributed by atoms with Crippen LogP contribution in [0.1, 0.15) is 21.5 Å². The Morgan fingerprint density at radius 3 is 2.70 bits per heavy atom. The Balaban J connectivity index is 1.46. The summed E-state index contributed by atoms with van der Waals surface area (Å²) in [6.45, 7) is 0.195. The molecule has 2 aromatic heterocycles. The Bertz CT molecular complexity index is 1490. The van der Waals surface area contributed by atoms with Crippen LogP contribution in [0.2, 0.25) is 0 Å². The summed E-state index contributed by atoms with van der Waals surface area (Å²) < 4.78 is 60.1. The van der Waals surface area contributed by atoms with Crippen molar-refractivity contribution >= 4 is 17.5 Å². The third-order valence-corrected chi connectivity index (χ3v) is 5.75. The third-order valence-electron chi connectivity index (χ3n) is 5.75. The molecule has 4 aromatic rings. The number of nitrogens with zero attached hydrogens (tertiary/aromatic N) is 5. The molecule has 1 aliphatic heterocycles. The number of fused-ring (bicyclic) bond motifs is 1. The predicted octanol–water partition coefficient (Wildman–Crippen LogP) is 5.13. The number of hydrogen-bond acceptors (Lipinski definition) is 7. The number of rotatable bonds is 5. The molecule has 0 radical (unpaired) electrons. The van der Waals surface area contributed by atoms with E-state index in [0.29, 0.717) is 23.5 Å². The lowest BCUT2D eigenvalue weighted by molar-refractivity contribution is -0.137. The van der Waals surface area contributed by atoms with Crippen LogP contribution in [-0.2, 0) is 12.6 Å². The summed E-state index contributed by atoms with van der Waals surface area (Å²) in [5.41, 5.74) is 0.337. The highest BCUT2D eigenvalue weighted by Crippen LogP contribution is 2.37. The highest BCUT2D eigenvalue weighted by Gasteiger charge is 2.34. The van der Waals surface area contributed by atoms with Crippen LogP contribution in [0, 0.1) is 5.82 Å². The quantitative estimate of drug-likeness (QED) is 0.372. The molecule has 0 bridgehead atoms. The topological polar surface area (TPSA) is 93.1 Å². The van der Waals surface area contributed by atoms with Gasteiger partial charge in [-0.1, -0.05) is 6.07 Å². The number of ether oxygens (including phenoxy) is 1. The molecule has 0 fully saturated rings. The first-order valence-corrected chi connectivity index (χ1v) is 11.1. The Morgan fingerprint density at radius 1 is 1.08 bits per heavy atom. The van der Waals surface area contributed by atoms with Crippen molar-refractivity contribution < 1.29 is 27.1 Å². The van der Waals surface area contributed by atoms with Crippen molar-refractivity contribution in [2.75, 3.05) is 23.8 Å². The molecule has 8 nitrogen and oxygen atoms in total. The van der Waals surface area contributed by atoms with E-state index in [-0.39, 0.29) is 35.2 Å². The summed E-state index contributed by atoms with van der Waals surface area (Å²) in [6.07, 6.45) is -1.41. The maximum atomic E-state index is 14.7. The summed E-state index contributed by atoms with van der Waals surface area (Å²) in [4.78, 5) is 31.0. The van der Waals surface area contributed by atoms with Crippen molar-refractivity contribution in [2.24, 2.45) is 0 Å². The fraction of sp³-hybridized carbons (Fsp3) is 0.160. The molecule has 3 heterocycles. The first-order chi connectivity index (χ1) is 17.7. The average Bonchev–Trinajstić information content (AvgIpc) is 3.33. The van der Waals surface area contributed by atoms with Gasteiger partial charge in [-0.15, -0.1) is 0 Å². The van der Waals surface area contributed by atoms with E-state index in [1.807, 2.05) is 0 Å². The number of amides is 1. The summed E-state index contributed by atoms with van der Waals surface area (Å²) in [5, 5.41) is 2.79. The summed E-state index contributed by atoms with van der Waals surface area (Å²) in [5.74, 6) is -1.12. The van der Waals surface area contributed by atoms with Crippen LogP contribution in [0.4, 0.5) is 29.2 Å². The Kier molecular flexibility index (Phi) is 6.15. The second-order valence-electron chi connectivity index (χ2n) is 8.03. The lowest BCUT2D eigenvalue weighted by Gasteiger charge is -2.19. The molecule has 0 unspecified atom stereocenters. The zero-order chi connectivity index (χ0) is 26.2. The molecule has 37 heavy (non-hydrogen) atoms. The minimum atomic E-state index is -4.55. The van der Waals surface area contributed by atoms with Crippen LogP contribution in [0.5, 0.6) is 11.6 Å². The number of anilines is 2. The lowest BCUT2D eigenvalue weighted by Crippen LogP contribution is -2.29. The van der Waals surface area contributed by atoms with Crippen molar-refractivity contribution in [3.05, 3.63) is 83.6 Å². The fourth-order valence-corrected chi connectivity index (χ4v) is 3.93. The van der Waals surface area contributed by atoms with Gasteiger partial charge >= 0.3 is 6.18 Å². The standard InChI is InChI=1S/C25H18F4N6O2/c1-30-24-33-13-32-21(34-24)17-3-2-9-31-22(17)37-20-11-15(5-7-18(20)26)23(36)35-10-8-14-4-6-16(12-19(14)35)25(27,28)29/h2-7,9,11-13H,8,10H2,1H3,(H,30,32,33,34). The van der Waals surface area contributed by atoms with E-state index >= 15 is 0 Å². The van der Waals surface area contributed by atoms with Gasteiger partial charge in [-0.25, -0.2) is 19.3 Å². The van der Waals surface area contributed by atoms with Crippen molar-refractivity contribution in [3.63, 3.8) is 0 Å². The SMILES string of the molecule is CNc1ncnc(-c2cccnc2Oc2cc(C(=O)N3CCc4ccc(C(F)(F)F)cc43)ccc2F)n1. The highest BCUT2D eigenvalue weighted by molar-refractivity contribution is 6.07. The summed E-state index contributed by atoms with van der Waals surface area (Å²) in [7, 11) is 1.64. The van der Waals surface area contributed by atoms with Gasteiger partial charge in [-0.2, -0.15) is 18.2 Å². The number of aromatic nitrogens is 4. The lowest BCUT2D eigenvalue weighted by atomic mass is 10.1. The molecule has 0 aliphatic carbocycles. The fourth-order valence-electron chi connectivity index (χ4n) is 3.93. The maximum absolute atomic E-state index is 14.7. The molecule has 0 atom stereocenters. The normalized spacial score (nSPS) is 12.8. The molecule has 12 heteroatoms. The largest absolute Gasteiger partial charge is 0.435 e. The van der Waals surface area contributed by atoms with Gasteiger partial charge in [-0.3, -0.25) is 4.79 Å². The molecule has 5 rings (SSSR count). The van der Waals surface area contributed by atoms with Gasteiger partial charge in [0.05, 0.1) is 11.1 Å². The van der Waals surface area contributed by atoms with Crippen molar-refractivity contribution in [1.82, 2.24) is 19.9 Å². The number of halogens is 4. The number of benzene rings is 2. The molecule has 0 saturated heterocycles.